The Balaban J connectivity index is 2.02. The molecule has 0 unspecified atom stereocenters. The van der Waals surface area contributed by atoms with Gasteiger partial charge in [0.2, 0.25) is 0 Å². The third-order valence-electron chi connectivity index (χ3n) is 5.61. The molecule has 3 rings (SSSR count). The first-order chi connectivity index (χ1) is 11.6. The first kappa shape index (κ1) is 17.3. The predicted octanol–water partition coefficient (Wildman–Crippen LogP) is 6.89. The second-order valence-electron chi connectivity index (χ2n) is 7.11. The van der Waals surface area contributed by atoms with Crippen molar-refractivity contribution in [3.63, 3.8) is 0 Å². The minimum atomic E-state index is -1.02. The van der Waals surface area contributed by atoms with E-state index in [2.05, 4.69) is 6.92 Å². The van der Waals surface area contributed by atoms with Gasteiger partial charge in [-0.05, 0) is 66.5 Å². The second kappa shape index (κ2) is 7.16. The smallest absolute Gasteiger partial charge is 0.169 e. The molecule has 1 aliphatic rings. The molecule has 0 atom stereocenters. The van der Waals surface area contributed by atoms with E-state index < -0.39 is 17.5 Å². The lowest BCUT2D eigenvalue weighted by Crippen LogP contribution is -2.14. The van der Waals surface area contributed by atoms with Crippen LogP contribution in [-0.4, -0.2) is 0 Å². The lowest BCUT2D eigenvalue weighted by atomic mass is 9.77. The molecule has 0 aromatic heterocycles. The second-order valence-corrected chi connectivity index (χ2v) is 7.11. The maximum absolute atomic E-state index is 14.7. The molecule has 0 bridgehead atoms. The van der Waals surface area contributed by atoms with Gasteiger partial charge >= 0.3 is 0 Å². The topological polar surface area (TPSA) is 0 Å². The van der Waals surface area contributed by atoms with E-state index in [4.69, 9.17) is 0 Å². The summed E-state index contributed by atoms with van der Waals surface area (Å²) in [7, 11) is 0. The van der Waals surface area contributed by atoms with E-state index in [0.29, 0.717) is 28.9 Å². The molecule has 0 spiro atoms. The van der Waals surface area contributed by atoms with Gasteiger partial charge in [-0.15, -0.1) is 0 Å². The Morgan fingerprint density at radius 3 is 2.25 bits per heavy atom. The van der Waals surface area contributed by atoms with Gasteiger partial charge < -0.3 is 0 Å². The molecule has 130 valence electrons. The molecule has 24 heavy (non-hydrogen) atoms. The number of hydrogen-bond donors (Lipinski definition) is 0. The number of aryl methyl sites for hydroxylation is 1. The SMILES string of the molecule is CCCc1ccc2cc(C3CCC(CC)CC3)c(F)c(F)c2c1F. The predicted molar refractivity (Wildman–Crippen MR) is 92.8 cm³/mol. The van der Waals surface area contributed by atoms with Crippen LogP contribution in [0.2, 0.25) is 0 Å². The van der Waals surface area contributed by atoms with Crippen LogP contribution in [0.5, 0.6) is 0 Å². The van der Waals surface area contributed by atoms with Crippen LogP contribution in [0, 0.1) is 23.4 Å². The molecular formula is C21H25F3. The first-order valence-corrected chi connectivity index (χ1v) is 9.15. The summed E-state index contributed by atoms with van der Waals surface area (Å²) in [5.74, 6) is -1.73. The molecule has 0 nitrogen and oxygen atoms in total. The van der Waals surface area contributed by atoms with E-state index in [1.54, 1.807) is 18.2 Å². The molecule has 2 aromatic rings. The molecule has 1 fully saturated rings. The lowest BCUT2D eigenvalue weighted by Gasteiger charge is -2.28. The van der Waals surface area contributed by atoms with E-state index >= 15 is 0 Å². The van der Waals surface area contributed by atoms with Crippen molar-refractivity contribution in [2.45, 2.75) is 64.7 Å². The van der Waals surface area contributed by atoms with E-state index in [-0.39, 0.29) is 11.3 Å². The maximum atomic E-state index is 14.7. The van der Waals surface area contributed by atoms with Gasteiger partial charge in [0.25, 0.3) is 0 Å². The van der Waals surface area contributed by atoms with Gasteiger partial charge in [-0.25, -0.2) is 13.2 Å². The fourth-order valence-electron chi connectivity index (χ4n) is 4.09. The average Bonchev–Trinajstić information content (AvgIpc) is 2.60. The average molecular weight is 334 g/mol. The summed E-state index contributed by atoms with van der Waals surface area (Å²) in [6.45, 7) is 4.12. The third-order valence-corrected chi connectivity index (χ3v) is 5.61. The molecule has 0 aliphatic heterocycles. The Morgan fingerprint density at radius 2 is 1.62 bits per heavy atom. The van der Waals surface area contributed by atoms with Crippen molar-refractivity contribution in [3.8, 4) is 0 Å². The molecule has 1 aliphatic carbocycles. The van der Waals surface area contributed by atoms with Crippen molar-refractivity contribution in [1.29, 1.82) is 0 Å². The minimum Gasteiger partial charge on any atom is -0.206 e. The van der Waals surface area contributed by atoms with Crippen LogP contribution < -0.4 is 0 Å². The summed E-state index contributed by atoms with van der Waals surface area (Å²) in [5.41, 5.74) is 0.886. The number of benzene rings is 2. The van der Waals surface area contributed by atoms with Gasteiger partial charge in [0, 0.05) is 0 Å². The zero-order valence-electron chi connectivity index (χ0n) is 14.5. The van der Waals surface area contributed by atoms with Crippen LogP contribution in [0.3, 0.4) is 0 Å². The quantitative estimate of drug-likeness (QED) is 0.571. The molecule has 2 aromatic carbocycles. The van der Waals surface area contributed by atoms with Crippen molar-refractivity contribution in [2.24, 2.45) is 5.92 Å². The van der Waals surface area contributed by atoms with Crippen LogP contribution in [0.4, 0.5) is 13.2 Å². The van der Waals surface area contributed by atoms with Gasteiger partial charge in [0.15, 0.2) is 11.6 Å². The van der Waals surface area contributed by atoms with Gasteiger partial charge in [0.05, 0.1) is 5.39 Å². The Labute approximate surface area is 142 Å². The maximum Gasteiger partial charge on any atom is 0.169 e. The number of fused-ring (bicyclic) bond motifs is 1. The van der Waals surface area contributed by atoms with Crippen LogP contribution in [0.15, 0.2) is 18.2 Å². The van der Waals surface area contributed by atoms with Crippen LogP contribution in [-0.2, 0) is 6.42 Å². The zero-order valence-corrected chi connectivity index (χ0v) is 14.5. The highest BCUT2D eigenvalue weighted by Gasteiger charge is 2.27. The third kappa shape index (κ3) is 3.05. The summed E-state index contributed by atoms with van der Waals surface area (Å²) >= 11 is 0. The molecule has 0 saturated heterocycles. The zero-order chi connectivity index (χ0) is 17.3. The highest BCUT2D eigenvalue weighted by Crippen LogP contribution is 2.40. The molecule has 0 amide bonds. The summed E-state index contributed by atoms with van der Waals surface area (Å²) in [4.78, 5) is 0. The minimum absolute atomic E-state index is 0.0464. The normalized spacial score (nSPS) is 21.4. The molecule has 0 heterocycles. The lowest BCUT2D eigenvalue weighted by molar-refractivity contribution is 0.313. The highest BCUT2D eigenvalue weighted by atomic mass is 19.2. The Morgan fingerprint density at radius 1 is 0.917 bits per heavy atom. The fraction of sp³-hybridized carbons (Fsp3) is 0.524. The van der Waals surface area contributed by atoms with E-state index in [9.17, 15) is 13.2 Å². The van der Waals surface area contributed by atoms with Gasteiger partial charge in [-0.2, -0.15) is 0 Å². The van der Waals surface area contributed by atoms with E-state index in [0.717, 1.165) is 38.5 Å². The largest absolute Gasteiger partial charge is 0.206 e. The van der Waals surface area contributed by atoms with Gasteiger partial charge in [0.1, 0.15) is 5.82 Å². The van der Waals surface area contributed by atoms with Crippen LogP contribution >= 0.6 is 0 Å². The standard InChI is InChI=1S/C21H25F3/c1-3-5-15-10-11-16-12-17(14-8-6-13(4-2)7-9-14)20(23)21(24)18(16)19(15)22/h10-14H,3-9H2,1-2H3. The van der Waals surface area contributed by atoms with Crippen LogP contribution in [0.1, 0.15) is 69.4 Å². The first-order valence-electron chi connectivity index (χ1n) is 9.15. The molecule has 0 radical (unpaired) electrons. The van der Waals surface area contributed by atoms with Crippen molar-refractivity contribution >= 4 is 10.8 Å². The Hall–Kier alpha value is -1.51. The molecule has 3 heteroatoms. The highest BCUT2D eigenvalue weighted by molar-refractivity contribution is 5.85. The summed E-state index contributed by atoms with van der Waals surface area (Å²) in [6.07, 6.45) is 6.34. The molecule has 0 N–H and O–H groups in total. The Kier molecular flexibility index (Phi) is 5.17. The van der Waals surface area contributed by atoms with Crippen LogP contribution in [0.25, 0.3) is 10.8 Å². The monoisotopic (exact) mass is 334 g/mol. The number of halogens is 3. The fourth-order valence-corrected chi connectivity index (χ4v) is 4.09. The van der Waals surface area contributed by atoms with E-state index in [1.165, 1.54) is 0 Å². The van der Waals surface area contributed by atoms with Crippen molar-refractivity contribution in [1.82, 2.24) is 0 Å². The number of hydrogen-bond acceptors (Lipinski definition) is 0. The van der Waals surface area contributed by atoms with Crippen molar-refractivity contribution in [3.05, 3.63) is 46.8 Å². The van der Waals surface area contributed by atoms with Gasteiger partial charge in [-0.3, -0.25) is 0 Å². The number of rotatable bonds is 4. The van der Waals surface area contributed by atoms with Gasteiger partial charge in [-0.1, -0.05) is 38.8 Å². The molecular weight excluding hydrogens is 309 g/mol. The van der Waals surface area contributed by atoms with E-state index in [1.807, 2.05) is 6.92 Å². The summed E-state index contributed by atoms with van der Waals surface area (Å²) in [6, 6.07) is 5.10. The summed E-state index contributed by atoms with van der Waals surface area (Å²) < 4.78 is 43.8. The van der Waals surface area contributed by atoms with Crippen molar-refractivity contribution in [2.75, 3.05) is 0 Å². The Bertz CT molecular complexity index is 728. The molecule has 1 saturated carbocycles. The summed E-state index contributed by atoms with van der Waals surface area (Å²) in [5, 5.41) is 0.281. The van der Waals surface area contributed by atoms with Crippen molar-refractivity contribution < 1.29 is 13.2 Å².